The third-order valence-electron chi connectivity index (χ3n) is 5.43. The summed E-state index contributed by atoms with van der Waals surface area (Å²) in [7, 11) is 0. The standard InChI is InChI=1S/C26H14F9N/c27-24(28,29)18-7-1-4-15(10-18)21-13-36-14-22(16-5-2-8-19(11-16)25(30,31)32)23(21)17-6-3-9-20(12-17)26(33,34)35/h1-14H. The van der Waals surface area contributed by atoms with Crippen LogP contribution in [0.4, 0.5) is 39.5 Å². The molecule has 3 aromatic carbocycles. The first kappa shape index (κ1) is 25.3. The summed E-state index contributed by atoms with van der Waals surface area (Å²) in [5, 5.41) is 0. The van der Waals surface area contributed by atoms with E-state index in [-0.39, 0.29) is 33.4 Å². The maximum absolute atomic E-state index is 13.4. The molecule has 1 nitrogen and oxygen atoms in total. The summed E-state index contributed by atoms with van der Waals surface area (Å²) in [4.78, 5) is 3.99. The van der Waals surface area contributed by atoms with Crippen LogP contribution in [0.15, 0.2) is 85.2 Å². The van der Waals surface area contributed by atoms with E-state index in [9.17, 15) is 39.5 Å². The third-order valence-corrected chi connectivity index (χ3v) is 5.43. The van der Waals surface area contributed by atoms with Gasteiger partial charge in [-0.25, -0.2) is 0 Å². The minimum atomic E-state index is -4.73. The van der Waals surface area contributed by atoms with Crippen LogP contribution in [-0.4, -0.2) is 4.98 Å². The Morgan fingerprint density at radius 3 is 1.14 bits per heavy atom. The maximum atomic E-state index is 13.4. The van der Waals surface area contributed by atoms with Gasteiger partial charge < -0.3 is 0 Å². The molecule has 0 radical (unpaired) electrons. The Bertz CT molecular complexity index is 1320. The Morgan fingerprint density at radius 2 is 0.778 bits per heavy atom. The van der Waals surface area contributed by atoms with Gasteiger partial charge in [-0.15, -0.1) is 0 Å². The molecule has 4 rings (SSSR count). The van der Waals surface area contributed by atoms with E-state index < -0.39 is 35.2 Å². The number of hydrogen-bond donors (Lipinski definition) is 0. The topological polar surface area (TPSA) is 12.9 Å². The van der Waals surface area contributed by atoms with Crippen LogP contribution < -0.4 is 0 Å². The van der Waals surface area contributed by atoms with E-state index >= 15 is 0 Å². The average molecular weight is 511 g/mol. The highest BCUT2D eigenvalue weighted by atomic mass is 19.4. The van der Waals surface area contributed by atoms with Gasteiger partial charge in [0.2, 0.25) is 0 Å². The van der Waals surface area contributed by atoms with Crippen LogP contribution in [0.3, 0.4) is 0 Å². The van der Waals surface area contributed by atoms with Crippen molar-refractivity contribution >= 4 is 0 Å². The van der Waals surface area contributed by atoms with Gasteiger partial charge in [0.1, 0.15) is 0 Å². The first-order valence-corrected chi connectivity index (χ1v) is 10.3. The lowest BCUT2D eigenvalue weighted by molar-refractivity contribution is -0.138. The predicted molar refractivity (Wildman–Crippen MR) is 116 cm³/mol. The van der Waals surface area contributed by atoms with Gasteiger partial charge in [-0.1, -0.05) is 36.4 Å². The van der Waals surface area contributed by atoms with Gasteiger partial charge in [-0.05, 0) is 53.1 Å². The normalized spacial score (nSPS) is 12.6. The van der Waals surface area contributed by atoms with Crippen molar-refractivity contribution in [3.8, 4) is 33.4 Å². The van der Waals surface area contributed by atoms with Crippen LogP contribution in [0.1, 0.15) is 16.7 Å². The summed E-state index contributed by atoms with van der Waals surface area (Å²) in [6, 6.07) is 12.2. The largest absolute Gasteiger partial charge is 0.416 e. The molecule has 186 valence electrons. The molecule has 1 aromatic heterocycles. The summed E-state index contributed by atoms with van der Waals surface area (Å²) in [5.41, 5.74) is -3.05. The second kappa shape index (κ2) is 9.00. The molecule has 10 heteroatoms. The molecule has 0 amide bonds. The van der Waals surface area contributed by atoms with Crippen molar-refractivity contribution < 1.29 is 39.5 Å². The monoisotopic (exact) mass is 511 g/mol. The Kier molecular flexibility index (Phi) is 6.32. The molecule has 36 heavy (non-hydrogen) atoms. The van der Waals surface area contributed by atoms with E-state index in [4.69, 9.17) is 0 Å². The Labute approximate surface area is 198 Å². The number of alkyl halides is 9. The average Bonchev–Trinajstić information content (AvgIpc) is 2.82. The van der Waals surface area contributed by atoms with Gasteiger partial charge in [0.25, 0.3) is 0 Å². The smallest absolute Gasteiger partial charge is 0.263 e. The lowest BCUT2D eigenvalue weighted by atomic mass is 9.88. The fourth-order valence-corrected chi connectivity index (χ4v) is 3.79. The van der Waals surface area contributed by atoms with Crippen molar-refractivity contribution in [2.24, 2.45) is 0 Å². The highest BCUT2D eigenvalue weighted by Gasteiger charge is 2.33. The molecule has 0 saturated heterocycles. The number of aromatic nitrogens is 1. The summed E-state index contributed by atoms with van der Waals surface area (Å²) >= 11 is 0. The van der Waals surface area contributed by atoms with E-state index in [0.29, 0.717) is 0 Å². The van der Waals surface area contributed by atoms with E-state index in [2.05, 4.69) is 4.98 Å². The number of hydrogen-bond acceptors (Lipinski definition) is 1. The molecule has 0 fully saturated rings. The Morgan fingerprint density at radius 1 is 0.444 bits per heavy atom. The molecule has 0 spiro atoms. The predicted octanol–water partition coefficient (Wildman–Crippen LogP) is 9.14. The van der Waals surface area contributed by atoms with Gasteiger partial charge in [-0.3, -0.25) is 4.98 Å². The van der Waals surface area contributed by atoms with Gasteiger partial charge in [-0.2, -0.15) is 39.5 Å². The number of rotatable bonds is 3. The third kappa shape index (κ3) is 5.22. The molecule has 0 aliphatic carbocycles. The Hall–Kier alpha value is -3.82. The zero-order valence-electron chi connectivity index (χ0n) is 17.9. The summed E-state index contributed by atoms with van der Waals surface area (Å²) in [5.74, 6) is 0. The van der Waals surface area contributed by atoms with Gasteiger partial charge in [0.15, 0.2) is 0 Å². The fraction of sp³-hybridized carbons (Fsp3) is 0.115. The number of benzene rings is 3. The van der Waals surface area contributed by atoms with Crippen LogP contribution in [0.25, 0.3) is 33.4 Å². The summed E-state index contributed by atoms with van der Waals surface area (Å²) in [6.45, 7) is 0. The molecule has 0 N–H and O–H groups in total. The van der Waals surface area contributed by atoms with E-state index in [1.54, 1.807) is 0 Å². The summed E-state index contributed by atoms with van der Waals surface area (Å²) in [6.07, 6.45) is -11.8. The minimum Gasteiger partial charge on any atom is -0.263 e. The quantitative estimate of drug-likeness (QED) is 0.250. The number of halogens is 9. The van der Waals surface area contributed by atoms with Crippen molar-refractivity contribution in [2.45, 2.75) is 18.5 Å². The molecule has 0 aliphatic heterocycles. The molecule has 0 bridgehead atoms. The number of nitrogens with zero attached hydrogens (tertiary/aromatic N) is 1. The van der Waals surface area contributed by atoms with Crippen molar-refractivity contribution in [1.82, 2.24) is 4.98 Å². The highest BCUT2D eigenvalue weighted by molar-refractivity contribution is 5.94. The first-order valence-electron chi connectivity index (χ1n) is 10.3. The zero-order chi connectivity index (χ0) is 26.3. The molecule has 4 aromatic rings. The second-order valence-electron chi connectivity index (χ2n) is 7.85. The van der Waals surface area contributed by atoms with Gasteiger partial charge >= 0.3 is 18.5 Å². The van der Waals surface area contributed by atoms with Gasteiger partial charge in [0.05, 0.1) is 16.7 Å². The molecule has 0 atom stereocenters. The van der Waals surface area contributed by atoms with E-state index in [0.717, 1.165) is 54.6 Å². The lowest BCUT2D eigenvalue weighted by Gasteiger charge is -2.18. The molecular weight excluding hydrogens is 497 g/mol. The fourth-order valence-electron chi connectivity index (χ4n) is 3.79. The van der Waals surface area contributed by atoms with Crippen LogP contribution in [0.5, 0.6) is 0 Å². The SMILES string of the molecule is FC(F)(F)c1cccc(-c2cncc(-c3cccc(C(F)(F)F)c3)c2-c2cccc(C(F)(F)F)c2)c1. The maximum Gasteiger partial charge on any atom is 0.416 e. The second-order valence-corrected chi connectivity index (χ2v) is 7.85. The first-order chi connectivity index (χ1) is 16.7. The van der Waals surface area contributed by atoms with E-state index in [1.807, 2.05) is 0 Å². The Balaban J connectivity index is 2.03. The molecule has 0 unspecified atom stereocenters. The van der Waals surface area contributed by atoms with Crippen LogP contribution in [-0.2, 0) is 18.5 Å². The van der Waals surface area contributed by atoms with Crippen LogP contribution in [0, 0.1) is 0 Å². The van der Waals surface area contributed by atoms with Crippen molar-refractivity contribution in [3.63, 3.8) is 0 Å². The zero-order valence-corrected chi connectivity index (χ0v) is 17.9. The van der Waals surface area contributed by atoms with Gasteiger partial charge in [0, 0.05) is 29.1 Å². The highest BCUT2D eigenvalue weighted by Crippen LogP contribution is 2.43. The van der Waals surface area contributed by atoms with E-state index in [1.165, 1.54) is 30.6 Å². The molecule has 0 saturated carbocycles. The van der Waals surface area contributed by atoms with Crippen molar-refractivity contribution in [3.05, 3.63) is 102 Å². The van der Waals surface area contributed by atoms with Crippen LogP contribution >= 0.6 is 0 Å². The molecular formula is C26H14F9N. The number of pyridine rings is 1. The molecule has 1 heterocycles. The van der Waals surface area contributed by atoms with Crippen molar-refractivity contribution in [2.75, 3.05) is 0 Å². The van der Waals surface area contributed by atoms with Crippen LogP contribution in [0.2, 0.25) is 0 Å². The minimum absolute atomic E-state index is 0.00903. The van der Waals surface area contributed by atoms with Crippen molar-refractivity contribution in [1.29, 1.82) is 0 Å². The lowest BCUT2D eigenvalue weighted by Crippen LogP contribution is -2.06. The molecule has 0 aliphatic rings. The summed E-state index contributed by atoms with van der Waals surface area (Å²) < 4.78 is 120.